The molecule has 2 heteroatoms. The molecule has 1 aliphatic rings. The zero-order chi connectivity index (χ0) is 28.8. The predicted molar refractivity (Wildman–Crippen MR) is 182 cm³/mol. The van der Waals surface area contributed by atoms with E-state index in [1.165, 1.54) is 60.2 Å². The zero-order valence-electron chi connectivity index (χ0n) is 24.1. The normalized spacial score (nSPS) is 13.3. The van der Waals surface area contributed by atoms with Crippen LogP contribution >= 0.6 is 0 Å². The molecular formula is C41H30N2. The van der Waals surface area contributed by atoms with Crippen LogP contribution in [0.5, 0.6) is 0 Å². The van der Waals surface area contributed by atoms with Crippen molar-refractivity contribution in [1.29, 1.82) is 0 Å². The first kappa shape index (κ1) is 25.4. The number of aromatic nitrogens is 2. The summed E-state index contributed by atoms with van der Waals surface area (Å²) in [6, 6.07) is 39.8. The molecule has 0 saturated carbocycles. The van der Waals surface area contributed by atoms with E-state index >= 15 is 0 Å². The summed E-state index contributed by atoms with van der Waals surface area (Å²) < 4.78 is 0. The van der Waals surface area contributed by atoms with Gasteiger partial charge in [0.2, 0.25) is 0 Å². The van der Waals surface area contributed by atoms with Gasteiger partial charge in [-0.2, -0.15) is 0 Å². The summed E-state index contributed by atoms with van der Waals surface area (Å²) in [5.41, 5.74) is 10.9. The first-order valence-electron chi connectivity index (χ1n) is 15.0. The van der Waals surface area contributed by atoms with Crippen LogP contribution in [0.1, 0.15) is 29.7 Å². The van der Waals surface area contributed by atoms with Crippen LogP contribution < -0.4 is 0 Å². The second-order valence-corrected chi connectivity index (χ2v) is 11.4. The largest absolute Gasteiger partial charge is 0.263 e. The molecule has 0 spiro atoms. The van der Waals surface area contributed by atoms with Gasteiger partial charge in [-0.25, -0.2) is 0 Å². The van der Waals surface area contributed by atoms with Crippen molar-refractivity contribution in [2.75, 3.05) is 0 Å². The lowest BCUT2D eigenvalue weighted by Crippen LogP contribution is -1.98. The van der Waals surface area contributed by atoms with E-state index in [1.807, 2.05) is 25.5 Å². The fraction of sp³-hybridized carbons (Fsp3) is 0.0732. The molecule has 0 atom stereocenters. The van der Waals surface area contributed by atoms with Crippen LogP contribution in [0.15, 0.2) is 140 Å². The van der Waals surface area contributed by atoms with Crippen molar-refractivity contribution in [2.45, 2.75) is 19.8 Å². The zero-order valence-corrected chi connectivity index (χ0v) is 24.1. The SMILES string of the molecule is Cc1cc(-c2cncc(C3=CCCC(c4c5ccccc5c(-c5ccc6ccccc6c5)c5ccccc45)=C3)c2)ccn1. The van der Waals surface area contributed by atoms with Crippen LogP contribution in [-0.2, 0) is 0 Å². The van der Waals surface area contributed by atoms with Crippen LogP contribution in [0, 0.1) is 6.92 Å². The van der Waals surface area contributed by atoms with Gasteiger partial charge < -0.3 is 0 Å². The first-order valence-corrected chi connectivity index (χ1v) is 15.0. The van der Waals surface area contributed by atoms with Crippen LogP contribution in [-0.4, -0.2) is 9.97 Å². The van der Waals surface area contributed by atoms with E-state index in [2.05, 4.69) is 131 Å². The molecule has 0 unspecified atom stereocenters. The van der Waals surface area contributed by atoms with Gasteiger partial charge in [0.05, 0.1) is 0 Å². The molecule has 1 aliphatic carbocycles. The van der Waals surface area contributed by atoms with Gasteiger partial charge in [0, 0.05) is 35.4 Å². The second-order valence-electron chi connectivity index (χ2n) is 11.4. The van der Waals surface area contributed by atoms with Crippen LogP contribution in [0.2, 0.25) is 0 Å². The molecule has 0 saturated heterocycles. The van der Waals surface area contributed by atoms with E-state index in [0.717, 1.165) is 35.2 Å². The average Bonchev–Trinajstić information content (AvgIpc) is 3.07. The van der Waals surface area contributed by atoms with Gasteiger partial charge in [0.25, 0.3) is 0 Å². The Morgan fingerprint density at radius 3 is 1.98 bits per heavy atom. The minimum absolute atomic E-state index is 0.995. The first-order chi connectivity index (χ1) is 21.2. The molecule has 0 fully saturated rings. The van der Waals surface area contributed by atoms with Crippen molar-refractivity contribution in [2.24, 2.45) is 0 Å². The van der Waals surface area contributed by atoms with E-state index < -0.39 is 0 Å². The van der Waals surface area contributed by atoms with Gasteiger partial charge in [-0.05, 0) is 110 Å². The summed E-state index contributed by atoms with van der Waals surface area (Å²) in [6.45, 7) is 2.03. The molecule has 0 bridgehead atoms. The second kappa shape index (κ2) is 10.5. The standard InChI is InChI=1S/C41H30N2/c1-27-21-31(19-20-43-27)35-24-34(25-42-26-35)30-11-8-12-32(23-30)40-36-13-4-6-15-38(36)41(39-16-7-5-14-37(39)40)33-18-17-28-9-2-3-10-29(28)22-33/h2-7,9-11,13-26H,8,12H2,1H3. The number of fused-ring (bicyclic) bond motifs is 3. The third-order valence-electron chi connectivity index (χ3n) is 8.70. The van der Waals surface area contributed by atoms with Gasteiger partial charge in [0.15, 0.2) is 0 Å². The predicted octanol–water partition coefficient (Wildman–Crippen LogP) is 10.8. The third-order valence-corrected chi connectivity index (χ3v) is 8.70. The minimum Gasteiger partial charge on any atom is -0.263 e. The van der Waals surface area contributed by atoms with Crippen molar-refractivity contribution < 1.29 is 0 Å². The molecule has 2 nitrogen and oxygen atoms in total. The van der Waals surface area contributed by atoms with Crippen molar-refractivity contribution in [3.63, 3.8) is 0 Å². The Balaban J connectivity index is 1.31. The fourth-order valence-electron chi connectivity index (χ4n) is 6.71. The number of allylic oxidation sites excluding steroid dienone is 4. The third kappa shape index (κ3) is 4.52. The molecule has 8 rings (SSSR count). The summed E-state index contributed by atoms with van der Waals surface area (Å²) >= 11 is 0. The highest BCUT2D eigenvalue weighted by Gasteiger charge is 2.19. The highest BCUT2D eigenvalue weighted by Crippen LogP contribution is 2.44. The number of pyridine rings is 2. The molecule has 0 N–H and O–H groups in total. The molecule has 204 valence electrons. The summed E-state index contributed by atoms with van der Waals surface area (Å²) in [7, 11) is 0. The Morgan fingerprint density at radius 2 is 1.23 bits per heavy atom. The maximum absolute atomic E-state index is 4.64. The highest BCUT2D eigenvalue weighted by atomic mass is 14.7. The van der Waals surface area contributed by atoms with Crippen LogP contribution in [0.4, 0.5) is 0 Å². The van der Waals surface area contributed by atoms with E-state index in [1.54, 1.807) is 0 Å². The van der Waals surface area contributed by atoms with Crippen molar-refractivity contribution in [3.8, 4) is 22.3 Å². The Hall–Kier alpha value is -5.34. The number of benzene rings is 5. The number of rotatable bonds is 4. The highest BCUT2D eigenvalue weighted by molar-refractivity contribution is 6.19. The Kier molecular flexibility index (Phi) is 6.19. The molecule has 0 radical (unpaired) electrons. The van der Waals surface area contributed by atoms with Crippen LogP contribution in [0.25, 0.3) is 65.7 Å². The van der Waals surface area contributed by atoms with E-state index in [4.69, 9.17) is 0 Å². The molecule has 2 heterocycles. The lowest BCUT2D eigenvalue weighted by molar-refractivity contribution is 1.06. The van der Waals surface area contributed by atoms with E-state index in [-0.39, 0.29) is 0 Å². The number of hydrogen-bond acceptors (Lipinski definition) is 2. The van der Waals surface area contributed by atoms with Crippen LogP contribution in [0.3, 0.4) is 0 Å². The van der Waals surface area contributed by atoms with Gasteiger partial charge in [-0.15, -0.1) is 0 Å². The van der Waals surface area contributed by atoms with E-state index in [0.29, 0.717) is 0 Å². The van der Waals surface area contributed by atoms with Crippen molar-refractivity contribution in [3.05, 3.63) is 157 Å². The quantitative estimate of drug-likeness (QED) is 0.204. The maximum atomic E-state index is 4.64. The Morgan fingerprint density at radius 1 is 0.558 bits per heavy atom. The molecular weight excluding hydrogens is 520 g/mol. The molecule has 2 aromatic heterocycles. The topological polar surface area (TPSA) is 25.8 Å². The number of aryl methyl sites for hydroxylation is 1. The van der Waals surface area contributed by atoms with E-state index in [9.17, 15) is 0 Å². The summed E-state index contributed by atoms with van der Waals surface area (Å²) in [5, 5.41) is 7.72. The lowest BCUT2D eigenvalue weighted by Gasteiger charge is -2.21. The molecule has 43 heavy (non-hydrogen) atoms. The molecule has 7 aromatic rings. The smallest absolute Gasteiger partial charge is 0.0378 e. The number of nitrogens with zero attached hydrogens (tertiary/aromatic N) is 2. The monoisotopic (exact) mass is 550 g/mol. The number of hydrogen-bond donors (Lipinski definition) is 0. The average molecular weight is 551 g/mol. The Bertz CT molecular complexity index is 2200. The van der Waals surface area contributed by atoms with Gasteiger partial charge in [0.1, 0.15) is 0 Å². The summed E-state index contributed by atoms with van der Waals surface area (Å²) in [6.07, 6.45) is 12.5. The van der Waals surface area contributed by atoms with Gasteiger partial charge >= 0.3 is 0 Å². The lowest BCUT2D eigenvalue weighted by atomic mass is 9.82. The Labute approximate surface area is 251 Å². The molecule has 0 aliphatic heterocycles. The van der Waals surface area contributed by atoms with Gasteiger partial charge in [-0.3, -0.25) is 9.97 Å². The van der Waals surface area contributed by atoms with Gasteiger partial charge in [-0.1, -0.05) is 97.1 Å². The summed E-state index contributed by atoms with van der Waals surface area (Å²) in [4.78, 5) is 9.01. The van der Waals surface area contributed by atoms with Crippen molar-refractivity contribution >= 4 is 43.5 Å². The maximum Gasteiger partial charge on any atom is 0.0378 e. The molecule has 0 amide bonds. The minimum atomic E-state index is 0.995. The van der Waals surface area contributed by atoms with Crippen molar-refractivity contribution in [1.82, 2.24) is 9.97 Å². The fourth-order valence-corrected chi connectivity index (χ4v) is 6.71. The summed E-state index contributed by atoms with van der Waals surface area (Å²) in [5.74, 6) is 0. The molecule has 5 aromatic carbocycles.